The molecule has 4 N–H and O–H groups in total. The molecule has 0 radical (unpaired) electrons. The Kier molecular flexibility index (Phi) is 4.72. The van der Waals surface area contributed by atoms with Gasteiger partial charge in [-0.05, 0) is 6.92 Å². The van der Waals surface area contributed by atoms with Crippen LogP contribution in [0, 0.1) is 0 Å². The smallest absolute Gasteiger partial charge is 0.322 e. The Bertz CT molecular complexity index is 272. The molecule has 0 rings (SSSR count). The zero-order chi connectivity index (χ0) is 12.1. The summed E-state index contributed by atoms with van der Waals surface area (Å²) in [6, 6.07) is 0. The Morgan fingerprint density at radius 1 is 1.13 bits per heavy atom. The van der Waals surface area contributed by atoms with Crippen molar-refractivity contribution < 1.29 is 29.7 Å². The first-order valence-electron chi connectivity index (χ1n) is 4.15. The van der Waals surface area contributed by atoms with E-state index >= 15 is 0 Å². The van der Waals surface area contributed by atoms with Crippen molar-refractivity contribution in [1.82, 2.24) is 5.32 Å². The lowest BCUT2D eigenvalue weighted by atomic mass is 9.98. The molecule has 15 heavy (non-hydrogen) atoms. The summed E-state index contributed by atoms with van der Waals surface area (Å²) in [7, 11) is 0. The van der Waals surface area contributed by atoms with Crippen molar-refractivity contribution >= 4 is 17.8 Å². The van der Waals surface area contributed by atoms with Crippen LogP contribution >= 0.6 is 0 Å². The van der Waals surface area contributed by atoms with Crippen LogP contribution in [0.2, 0.25) is 0 Å². The maximum Gasteiger partial charge on any atom is 0.322 e. The number of hydrogen-bond acceptors (Lipinski definition) is 4. The van der Waals surface area contributed by atoms with Gasteiger partial charge in [-0.3, -0.25) is 14.4 Å². The van der Waals surface area contributed by atoms with Crippen molar-refractivity contribution in [2.75, 3.05) is 6.54 Å². The van der Waals surface area contributed by atoms with Gasteiger partial charge in [-0.2, -0.15) is 0 Å². The highest BCUT2D eigenvalue weighted by Gasteiger charge is 2.27. The van der Waals surface area contributed by atoms with Gasteiger partial charge < -0.3 is 20.6 Å². The van der Waals surface area contributed by atoms with E-state index in [1.165, 1.54) is 6.92 Å². The molecule has 7 heteroatoms. The lowest BCUT2D eigenvalue weighted by Gasteiger charge is -2.19. The average Bonchev–Trinajstić information content (AvgIpc) is 1.96. The summed E-state index contributed by atoms with van der Waals surface area (Å²) >= 11 is 0. The number of aliphatic hydroxyl groups is 1. The lowest BCUT2D eigenvalue weighted by Crippen LogP contribution is -2.38. The predicted octanol–water partition coefficient (Wildman–Crippen LogP) is -1.20. The number of carboxylic acid groups (broad SMARTS) is 2. The first-order chi connectivity index (χ1) is 6.73. The molecule has 0 fully saturated rings. The SMILES string of the molecule is CC(O)(CC(=O)O)CC(=O)NCC(=O)O. The van der Waals surface area contributed by atoms with Gasteiger partial charge in [-0.25, -0.2) is 0 Å². The summed E-state index contributed by atoms with van der Waals surface area (Å²) in [6.07, 6.45) is -1.03. The van der Waals surface area contributed by atoms with E-state index in [0.29, 0.717) is 0 Å². The van der Waals surface area contributed by atoms with Gasteiger partial charge in [0.25, 0.3) is 0 Å². The standard InChI is InChI=1S/C8H13NO6/c1-8(15,3-6(11)12)2-5(10)9-4-7(13)14/h15H,2-4H2,1H3,(H,9,10)(H,11,12)(H,13,14). The van der Waals surface area contributed by atoms with E-state index in [1.54, 1.807) is 0 Å². The Morgan fingerprint density at radius 3 is 2.07 bits per heavy atom. The van der Waals surface area contributed by atoms with E-state index < -0.39 is 42.8 Å². The zero-order valence-electron chi connectivity index (χ0n) is 8.19. The maximum atomic E-state index is 11.0. The highest BCUT2D eigenvalue weighted by Crippen LogP contribution is 2.13. The van der Waals surface area contributed by atoms with Gasteiger partial charge in [0.2, 0.25) is 5.91 Å². The van der Waals surface area contributed by atoms with Crippen LogP contribution in [0.4, 0.5) is 0 Å². The molecule has 7 nitrogen and oxygen atoms in total. The maximum absolute atomic E-state index is 11.0. The van der Waals surface area contributed by atoms with Gasteiger partial charge in [0.1, 0.15) is 6.54 Å². The Balaban J connectivity index is 4.04. The normalized spacial score (nSPS) is 14.0. The fourth-order valence-electron chi connectivity index (χ4n) is 0.971. The van der Waals surface area contributed by atoms with Crippen LogP contribution < -0.4 is 5.32 Å². The second kappa shape index (κ2) is 5.30. The molecule has 86 valence electrons. The Hall–Kier alpha value is -1.63. The molecule has 0 spiro atoms. The number of carbonyl (C=O) groups excluding carboxylic acids is 1. The van der Waals surface area contributed by atoms with Crippen LogP contribution in [0.3, 0.4) is 0 Å². The van der Waals surface area contributed by atoms with Gasteiger partial charge >= 0.3 is 11.9 Å². The Labute approximate surface area is 85.7 Å². The van der Waals surface area contributed by atoms with Crippen LogP contribution in [-0.4, -0.2) is 45.3 Å². The summed E-state index contributed by atoms with van der Waals surface area (Å²) in [4.78, 5) is 31.4. The lowest BCUT2D eigenvalue weighted by molar-refractivity contribution is -0.144. The second-order valence-corrected chi connectivity index (χ2v) is 3.41. The third kappa shape index (κ3) is 7.44. The van der Waals surface area contributed by atoms with Crippen LogP contribution in [0.15, 0.2) is 0 Å². The number of aliphatic carboxylic acids is 2. The molecule has 0 heterocycles. The molecule has 0 aromatic rings. The summed E-state index contributed by atoms with van der Waals surface area (Å²) in [6.45, 7) is 0.642. The average molecular weight is 219 g/mol. The van der Waals surface area contributed by atoms with E-state index in [9.17, 15) is 19.5 Å². The molecular weight excluding hydrogens is 206 g/mol. The molecule has 1 atom stereocenters. The fraction of sp³-hybridized carbons (Fsp3) is 0.625. The van der Waals surface area contributed by atoms with Crippen molar-refractivity contribution in [3.8, 4) is 0 Å². The molecule has 0 saturated carbocycles. The van der Waals surface area contributed by atoms with Crippen molar-refractivity contribution in [3.63, 3.8) is 0 Å². The van der Waals surface area contributed by atoms with Gasteiger partial charge in [-0.15, -0.1) is 0 Å². The second-order valence-electron chi connectivity index (χ2n) is 3.41. The molecule has 0 aromatic heterocycles. The molecule has 1 amide bonds. The molecule has 0 aromatic carbocycles. The van der Waals surface area contributed by atoms with Crippen LogP contribution in [0.25, 0.3) is 0 Å². The number of carbonyl (C=O) groups is 3. The highest BCUT2D eigenvalue weighted by atomic mass is 16.4. The number of carboxylic acids is 2. The summed E-state index contributed by atoms with van der Waals surface area (Å²) in [5.74, 6) is -3.14. The molecule has 0 saturated heterocycles. The highest BCUT2D eigenvalue weighted by molar-refractivity contribution is 5.82. The molecule has 0 aliphatic heterocycles. The summed E-state index contributed by atoms with van der Waals surface area (Å²) < 4.78 is 0. The van der Waals surface area contributed by atoms with Gasteiger partial charge in [0.15, 0.2) is 0 Å². The third-order valence-electron chi connectivity index (χ3n) is 1.51. The van der Waals surface area contributed by atoms with Crippen molar-refractivity contribution in [2.24, 2.45) is 0 Å². The number of hydrogen-bond donors (Lipinski definition) is 4. The number of amides is 1. The molecule has 0 aliphatic rings. The van der Waals surface area contributed by atoms with E-state index in [4.69, 9.17) is 10.2 Å². The fourth-order valence-corrected chi connectivity index (χ4v) is 0.971. The van der Waals surface area contributed by atoms with E-state index in [-0.39, 0.29) is 0 Å². The largest absolute Gasteiger partial charge is 0.481 e. The summed E-state index contributed by atoms with van der Waals surface area (Å²) in [5.41, 5.74) is -1.67. The molecular formula is C8H13NO6. The third-order valence-corrected chi connectivity index (χ3v) is 1.51. The minimum Gasteiger partial charge on any atom is -0.481 e. The Morgan fingerprint density at radius 2 is 1.67 bits per heavy atom. The number of rotatable bonds is 6. The molecule has 0 aliphatic carbocycles. The van der Waals surface area contributed by atoms with Crippen LogP contribution in [-0.2, 0) is 14.4 Å². The van der Waals surface area contributed by atoms with E-state index in [0.717, 1.165) is 0 Å². The molecule has 0 bridgehead atoms. The summed E-state index contributed by atoms with van der Waals surface area (Å²) in [5, 5.41) is 28.1. The predicted molar refractivity (Wildman–Crippen MR) is 48.1 cm³/mol. The van der Waals surface area contributed by atoms with Crippen molar-refractivity contribution in [3.05, 3.63) is 0 Å². The van der Waals surface area contributed by atoms with E-state index in [2.05, 4.69) is 0 Å². The minimum absolute atomic E-state index is 0.452. The van der Waals surface area contributed by atoms with Crippen molar-refractivity contribution in [2.45, 2.75) is 25.4 Å². The van der Waals surface area contributed by atoms with Crippen molar-refractivity contribution in [1.29, 1.82) is 0 Å². The zero-order valence-corrected chi connectivity index (χ0v) is 8.19. The molecule has 1 unspecified atom stereocenters. The quantitative estimate of drug-likeness (QED) is 0.445. The first kappa shape index (κ1) is 13.4. The monoisotopic (exact) mass is 219 g/mol. The van der Waals surface area contributed by atoms with Gasteiger partial charge in [-0.1, -0.05) is 0 Å². The van der Waals surface area contributed by atoms with Crippen LogP contribution in [0.5, 0.6) is 0 Å². The topological polar surface area (TPSA) is 124 Å². The number of nitrogens with one attached hydrogen (secondary N) is 1. The van der Waals surface area contributed by atoms with Crippen LogP contribution in [0.1, 0.15) is 19.8 Å². The first-order valence-corrected chi connectivity index (χ1v) is 4.15. The van der Waals surface area contributed by atoms with E-state index in [1.807, 2.05) is 5.32 Å². The van der Waals surface area contributed by atoms with Gasteiger partial charge in [0.05, 0.1) is 18.4 Å². The minimum atomic E-state index is -1.67. The van der Waals surface area contributed by atoms with Gasteiger partial charge in [0, 0.05) is 0 Å².